The first kappa shape index (κ1) is 14.0. The van der Waals surface area contributed by atoms with E-state index in [9.17, 15) is 0 Å². The predicted molar refractivity (Wildman–Crippen MR) is 78.6 cm³/mol. The van der Waals surface area contributed by atoms with E-state index in [1.807, 2.05) is 11.7 Å². The summed E-state index contributed by atoms with van der Waals surface area (Å²) in [6.45, 7) is 5.18. The molecule has 112 valence electrons. The Morgan fingerprint density at radius 2 is 2.40 bits per heavy atom. The summed E-state index contributed by atoms with van der Waals surface area (Å²) in [6, 6.07) is 2.86. The van der Waals surface area contributed by atoms with Gasteiger partial charge in [0.15, 0.2) is 0 Å². The van der Waals surface area contributed by atoms with E-state index in [1.165, 1.54) is 25.1 Å². The summed E-state index contributed by atoms with van der Waals surface area (Å²) in [5.74, 6) is 0. The average Bonchev–Trinajstić information content (AvgIpc) is 3.04. The van der Waals surface area contributed by atoms with Crippen LogP contribution < -0.4 is 5.73 Å². The molecule has 2 saturated heterocycles. The highest BCUT2D eigenvalue weighted by molar-refractivity contribution is 5.12. The maximum Gasteiger partial charge on any atom is 0.0857 e. The predicted octanol–water partition coefficient (Wildman–Crippen LogP) is 0.716. The van der Waals surface area contributed by atoms with E-state index < -0.39 is 0 Å². The first-order chi connectivity index (χ1) is 9.67. The van der Waals surface area contributed by atoms with Gasteiger partial charge in [-0.3, -0.25) is 9.58 Å². The van der Waals surface area contributed by atoms with Crippen molar-refractivity contribution in [2.45, 2.75) is 50.8 Å². The lowest BCUT2D eigenvalue weighted by Crippen LogP contribution is -2.53. The third-order valence-electron chi connectivity index (χ3n) is 4.73. The van der Waals surface area contributed by atoms with Crippen LogP contribution in [0.3, 0.4) is 0 Å². The molecule has 0 aliphatic carbocycles. The number of morpholine rings is 1. The minimum Gasteiger partial charge on any atom is -0.374 e. The van der Waals surface area contributed by atoms with E-state index in [0.29, 0.717) is 6.04 Å². The topological polar surface area (TPSA) is 56.3 Å². The maximum absolute atomic E-state index is 6.39. The average molecular weight is 278 g/mol. The van der Waals surface area contributed by atoms with E-state index in [2.05, 4.69) is 23.0 Å². The largest absolute Gasteiger partial charge is 0.374 e. The molecule has 1 aromatic rings. The molecule has 3 heterocycles. The molecule has 2 aliphatic rings. The Morgan fingerprint density at radius 1 is 1.55 bits per heavy atom. The van der Waals surface area contributed by atoms with Crippen molar-refractivity contribution < 1.29 is 4.74 Å². The molecule has 2 fully saturated rings. The van der Waals surface area contributed by atoms with Crippen LogP contribution in [0.1, 0.15) is 31.2 Å². The zero-order valence-corrected chi connectivity index (χ0v) is 12.6. The molecule has 3 unspecified atom stereocenters. The molecule has 0 bridgehead atoms. The van der Waals surface area contributed by atoms with Crippen molar-refractivity contribution in [3.8, 4) is 0 Å². The summed E-state index contributed by atoms with van der Waals surface area (Å²) in [5.41, 5.74) is 8.74. The number of nitrogens with zero attached hydrogens (tertiary/aromatic N) is 3. The highest BCUT2D eigenvalue weighted by Gasteiger charge is 2.34. The zero-order chi connectivity index (χ0) is 14.1. The van der Waals surface area contributed by atoms with Crippen LogP contribution in [0.25, 0.3) is 0 Å². The molecule has 3 atom stereocenters. The van der Waals surface area contributed by atoms with E-state index in [0.717, 1.165) is 31.7 Å². The summed E-state index contributed by atoms with van der Waals surface area (Å²) in [6.07, 6.45) is 4.55. The van der Waals surface area contributed by atoms with E-state index in [4.69, 9.17) is 10.5 Å². The van der Waals surface area contributed by atoms with Gasteiger partial charge in [0.1, 0.15) is 0 Å². The molecular weight excluding hydrogens is 252 g/mol. The van der Waals surface area contributed by atoms with Gasteiger partial charge in [0.05, 0.1) is 18.4 Å². The van der Waals surface area contributed by atoms with Crippen LogP contribution in [0.2, 0.25) is 0 Å². The molecule has 0 saturated carbocycles. The van der Waals surface area contributed by atoms with Crippen molar-refractivity contribution in [1.82, 2.24) is 14.7 Å². The van der Waals surface area contributed by atoms with Crippen LogP contribution in [0.15, 0.2) is 6.07 Å². The smallest absolute Gasteiger partial charge is 0.0857 e. The molecule has 20 heavy (non-hydrogen) atoms. The van der Waals surface area contributed by atoms with Crippen LogP contribution in [-0.2, 0) is 24.6 Å². The van der Waals surface area contributed by atoms with Gasteiger partial charge < -0.3 is 10.5 Å². The van der Waals surface area contributed by atoms with Crippen molar-refractivity contribution in [3.63, 3.8) is 0 Å². The Bertz CT molecular complexity index is 459. The fourth-order valence-electron chi connectivity index (χ4n) is 3.41. The van der Waals surface area contributed by atoms with Crippen molar-refractivity contribution in [3.05, 3.63) is 17.5 Å². The van der Waals surface area contributed by atoms with E-state index in [1.54, 1.807) is 0 Å². The molecule has 2 N–H and O–H groups in total. The number of fused-ring (bicyclic) bond motifs is 1. The summed E-state index contributed by atoms with van der Waals surface area (Å²) in [4.78, 5) is 2.55. The second-order valence-electron chi connectivity index (χ2n) is 6.13. The Hall–Kier alpha value is -0.910. The number of aromatic nitrogens is 2. The van der Waals surface area contributed by atoms with Gasteiger partial charge >= 0.3 is 0 Å². The van der Waals surface area contributed by atoms with Gasteiger partial charge in [-0.25, -0.2) is 0 Å². The third kappa shape index (κ3) is 2.75. The minimum atomic E-state index is 0.0525. The van der Waals surface area contributed by atoms with Crippen LogP contribution in [0.5, 0.6) is 0 Å². The third-order valence-corrected chi connectivity index (χ3v) is 4.73. The van der Waals surface area contributed by atoms with Crippen molar-refractivity contribution >= 4 is 0 Å². The second-order valence-corrected chi connectivity index (χ2v) is 6.13. The fraction of sp³-hybridized carbons (Fsp3) is 0.800. The van der Waals surface area contributed by atoms with Crippen LogP contribution in [0, 0.1) is 0 Å². The summed E-state index contributed by atoms with van der Waals surface area (Å²) in [5, 5.41) is 4.49. The fourth-order valence-corrected chi connectivity index (χ4v) is 3.41. The Morgan fingerprint density at radius 3 is 3.15 bits per heavy atom. The highest BCUT2D eigenvalue weighted by Crippen LogP contribution is 2.24. The number of ether oxygens (including phenoxy) is 1. The molecule has 0 amide bonds. The number of nitrogens with two attached hydrogens (primary N) is 1. The van der Waals surface area contributed by atoms with Crippen molar-refractivity contribution in [1.29, 1.82) is 0 Å². The SMILES string of the molecule is CCc1cc(CC(N)C2CN3CCCC3CO2)n(C)n1. The quantitative estimate of drug-likeness (QED) is 0.881. The van der Waals surface area contributed by atoms with Gasteiger partial charge in [-0.05, 0) is 31.9 Å². The van der Waals surface area contributed by atoms with Gasteiger partial charge in [0, 0.05) is 37.8 Å². The molecule has 0 aromatic carbocycles. The standard InChI is InChI=1S/C15H26N4O/c1-3-11-7-13(18(2)17-11)8-14(16)15-9-19-6-4-5-12(19)10-20-15/h7,12,14-15H,3-6,8-10,16H2,1-2H3. The van der Waals surface area contributed by atoms with Crippen molar-refractivity contribution in [2.24, 2.45) is 12.8 Å². The molecule has 5 heteroatoms. The summed E-state index contributed by atoms with van der Waals surface area (Å²) >= 11 is 0. The van der Waals surface area contributed by atoms with Crippen LogP contribution in [-0.4, -0.2) is 52.6 Å². The molecule has 0 spiro atoms. The lowest BCUT2D eigenvalue weighted by atomic mass is 10.0. The number of rotatable bonds is 4. The monoisotopic (exact) mass is 278 g/mol. The number of hydrogen-bond acceptors (Lipinski definition) is 4. The summed E-state index contributed by atoms with van der Waals surface area (Å²) in [7, 11) is 2.00. The zero-order valence-electron chi connectivity index (χ0n) is 12.6. The van der Waals surface area contributed by atoms with Crippen LogP contribution in [0.4, 0.5) is 0 Å². The number of aryl methyl sites for hydroxylation is 2. The highest BCUT2D eigenvalue weighted by atomic mass is 16.5. The first-order valence-electron chi connectivity index (χ1n) is 7.80. The van der Waals surface area contributed by atoms with Gasteiger partial charge in [-0.15, -0.1) is 0 Å². The number of hydrogen-bond donors (Lipinski definition) is 1. The van der Waals surface area contributed by atoms with Crippen molar-refractivity contribution in [2.75, 3.05) is 19.7 Å². The molecule has 3 rings (SSSR count). The lowest BCUT2D eigenvalue weighted by Gasteiger charge is -2.37. The van der Waals surface area contributed by atoms with E-state index >= 15 is 0 Å². The Balaban J connectivity index is 1.61. The lowest BCUT2D eigenvalue weighted by molar-refractivity contribution is -0.0591. The van der Waals surface area contributed by atoms with Gasteiger partial charge in [-0.1, -0.05) is 6.92 Å². The van der Waals surface area contributed by atoms with E-state index in [-0.39, 0.29) is 12.1 Å². The maximum atomic E-state index is 6.39. The second kappa shape index (κ2) is 5.84. The first-order valence-corrected chi connectivity index (χ1v) is 7.80. The normalized spacial score (nSPS) is 28.6. The van der Waals surface area contributed by atoms with Crippen LogP contribution >= 0.6 is 0 Å². The molecule has 2 aliphatic heterocycles. The Kier molecular flexibility index (Phi) is 4.10. The summed E-state index contributed by atoms with van der Waals surface area (Å²) < 4.78 is 7.96. The minimum absolute atomic E-state index is 0.0525. The Labute approximate surface area is 121 Å². The molecular formula is C15H26N4O. The molecule has 1 aromatic heterocycles. The van der Waals surface area contributed by atoms with Gasteiger partial charge in [0.2, 0.25) is 0 Å². The molecule has 0 radical (unpaired) electrons. The van der Waals surface area contributed by atoms with Gasteiger partial charge in [0.25, 0.3) is 0 Å². The molecule has 5 nitrogen and oxygen atoms in total. The van der Waals surface area contributed by atoms with Gasteiger partial charge in [-0.2, -0.15) is 5.10 Å².